The van der Waals surface area contributed by atoms with Gasteiger partial charge in [-0.1, -0.05) is 57.2 Å². The quantitative estimate of drug-likeness (QED) is 0.713. The van der Waals surface area contributed by atoms with E-state index in [1.807, 2.05) is 39.0 Å². The number of nitrogens with one attached hydrogen (secondary N) is 1. The van der Waals surface area contributed by atoms with Crippen LogP contribution in [0.1, 0.15) is 26.3 Å². The lowest BCUT2D eigenvalue weighted by molar-refractivity contribution is -0.169. The van der Waals surface area contributed by atoms with Gasteiger partial charge in [-0.2, -0.15) is 0 Å². The highest BCUT2D eigenvalue weighted by Gasteiger charge is 2.46. The van der Waals surface area contributed by atoms with Crippen LogP contribution in [0.2, 0.25) is 0 Å². The van der Waals surface area contributed by atoms with Crippen LogP contribution in [-0.2, 0) is 20.7 Å². The fourth-order valence-corrected chi connectivity index (χ4v) is 4.37. The molecule has 5 nitrogen and oxygen atoms in total. The minimum absolute atomic E-state index is 0.0275. The molecule has 0 unspecified atom stereocenters. The summed E-state index contributed by atoms with van der Waals surface area (Å²) >= 11 is 1.69. The third kappa shape index (κ3) is 4.99. The summed E-state index contributed by atoms with van der Waals surface area (Å²) in [6, 6.07) is 12.3. The van der Waals surface area contributed by atoms with Gasteiger partial charge in [0.1, 0.15) is 0 Å². The second-order valence-corrected chi connectivity index (χ2v) is 9.62. The number of thiophene rings is 1. The van der Waals surface area contributed by atoms with Gasteiger partial charge in [0.05, 0.1) is 13.2 Å². The highest BCUT2D eigenvalue weighted by Crippen LogP contribution is 2.29. The van der Waals surface area contributed by atoms with Crippen LogP contribution in [-0.4, -0.2) is 48.6 Å². The summed E-state index contributed by atoms with van der Waals surface area (Å²) in [6.45, 7) is 10.8. The summed E-state index contributed by atoms with van der Waals surface area (Å²) in [7, 11) is 0. The Morgan fingerprint density at radius 3 is 2.60 bits per heavy atom. The molecule has 160 valence electrons. The molecule has 2 aromatic rings. The molecule has 0 aliphatic carbocycles. The molecular weight excluding hydrogens is 396 g/mol. The summed E-state index contributed by atoms with van der Waals surface area (Å²) in [5.41, 5.74) is 0.512. The molecule has 2 heterocycles. The van der Waals surface area contributed by atoms with Gasteiger partial charge in [0.25, 0.3) is 5.91 Å². The van der Waals surface area contributed by atoms with Crippen LogP contribution in [0.25, 0.3) is 10.4 Å². The molecule has 1 aliphatic rings. The Morgan fingerprint density at radius 1 is 1.27 bits per heavy atom. The smallest absolute Gasteiger partial charge is 0.254 e. The topological polar surface area (TPSA) is 58.6 Å². The Kier molecular flexibility index (Phi) is 6.78. The molecule has 1 aromatic carbocycles. The van der Waals surface area contributed by atoms with Crippen LogP contribution in [0.4, 0.5) is 0 Å². The van der Waals surface area contributed by atoms with Crippen molar-refractivity contribution >= 4 is 23.2 Å². The number of carbonyl (C=O) groups excluding carboxylic acids is 2. The van der Waals surface area contributed by atoms with Crippen molar-refractivity contribution in [3.8, 4) is 10.4 Å². The maximum absolute atomic E-state index is 13.1. The molecule has 0 radical (unpaired) electrons. The lowest BCUT2D eigenvalue weighted by Crippen LogP contribution is -2.63. The molecule has 30 heavy (non-hydrogen) atoms. The SMILES string of the molecule is C=CCNC(=O)[C@]1(Cc2ccc(-c3cccs3)cc2)CN(C(=O)C(C)(C)C)CCO1. The number of amides is 2. The average molecular weight is 427 g/mol. The van der Waals surface area contributed by atoms with E-state index >= 15 is 0 Å². The lowest BCUT2D eigenvalue weighted by atomic mass is 9.88. The number of nitrogens with zero attached hydrogens (tertiary/aromatic N) is 1. The fraction of sp³-hybridized carbons (Fsp3) is 0.417. The maximum Gasteiger partial charge on any atom is 0.254 e. The Balaban J connectivity index is 1.85. The van der Waals surface area contributed by atoms with Gasteiger partial charge in [-0.15, -0.1) is 17.9 Å². The van der Waals surface area contributed by atoms with E-state index in [0.717, 1.165) is 11.1 Å². The van der Waals surface area contributed by atoms with Crippen LogP contribution < -0.4 is 5.32 Å². The van der Waals surface area contributed by atoms with Crippen molar-refractivity contribution < 1.29 is 14.3 Å². The van der Waals surface area contributed by atoms with E-state index in [1.54, 1.807) is 22.3 Å². The predicted molar refractivity (Wildman–Crippen MR) is 121 cm³/mol. The van der Waals surface area contributed by atoms with E-state index in [0.29, 0.717) is 26.1 Å². The van der Waals surface area contributed by atoms with Gasteiger partial charge in [0, 0.05) is 29.8 Å². The standard InChI is InChI=1S/C24H30N2O3S/c1-5-12-25-21(27)24(17-26(13-14-29-24)22(28)23(2,3)4)16-18-8-10-19(11-9-18)20-7-6-15-30-20/h5-11,15H,1,12-14,16-17H2,2-4H3,(H,25,27)/t24-/m0/s1. The second-order valence-electron chi connectivity index (χ2n) is 8.67. The maximum atomic E-state index is 13.1. The number of morpholine rings is 1. The summed E-state index contributed by atoms with van der Waals surface area (Å²) < 4.78 is 6.09. The van der Waals surface area contributed by atoms with Crippen molar-refractivity contribution in [2.45, 2.75) is 32.8 Å². The Hall–Kier alpha value is -2.44. The third-order valence-corrected chi connectivity index (χ3v) is 6.10. The van der Waals surface area contributed by atoms with Crippen molar-refractivity contribution in [2.75, 3.05) is 26.2 Å². The predicted octanol–water partition coefficient (Wildman–Crippen LogP) is 3.90. The third-order valence-electron chi connectivity index (χ3n) is 5.18. The minimum Gasteiger partial charge on any atom is -0.361 e. The number of benzene rings is 1. The first-order valence-electron chi connectivity index (χ1n) is 10.2. The molecule has 1 N–H and O–H groups in total. The van der Waals surface area contributed by atoms with Gasteiger partial charge >= 0.3 is 0 Å². The molecule has 0 bridgehead atoms. The van der Waals surface area contributed by atoms with Gasteiger partial charge < -0.3 is 15.0 Å². The zero-order valence-electron chi connectivity index (χ0n) is 17.9. The Morgan fingerprint density at radius 2 is 2.00 bits per heavy atom. The van der Waals surface area contributed by atoms with Gasteiger partial charge in [0.15, 0.2) is 5.60 Å². The van der Waals surface area contributed by atoms with E-state index in [2.05, 4.69) is 35.5 Å². The summed E-state index contributed by atoms with van der Waals surface area (Å²) in [5.74, 6) is -0.184. The average Bonchev–Trinajstić information content (AvgIpc) is 3.26. The van der Waals surface area contributed by atoms with Gasteiger partial charge in [-0.05, 0) is 22.6 Å². The van der Waals surface area contributed by atoms with Crippen molar-refractivity contribution in [3.05, 3.63) is 60.0 Å². The van der Waals surface area contributed by atoms with Crippen molar-refractivity contribution in [2.24, 2.45) is 5.41 Å². The molecular formula is C24H30N2O3S. The second kappa shape index (κ2) is 9.14. The van der Waals surface area contributed by atoms with Gasteiger partial charge in [-0.3, -0.25) is 9.59 Å². The molecule has 1 saturated heterocycles. The van der Waals surface area contributed by atoms with E-state index in [-0.39, 0.29) is 18.4 Å². The molecule has 0 spiro atoms. The molecule has 1 fully saturated rings. The van der Waals surface area contributed by atoms with E-state index in [4.69, 9.17) is 4.74 Å². The molecule has 1 atom stereocenters. The summed E-state index contributed by atoms with van der Waals surface area (Å²) in [6.07, 6.45) is 2.04. The molecule has 1 aliphatic heterocycles. The molecule has 6 heteroatoms. The van der Waals surface area contributed by atoms with Crippen LogP contribution in [0.15, 0.2) is 54.4 Å². The number of rotatable bonds is 6. The molecule has 1 aromatic heterocycles. The first kappa shape index (κ1) is 22.2. The number of hydrogen-bond donors (Lipinski definition) is 1. The minimum atomic E-state index is -1.12. The zero-order valence-corrected chi connectivity index (χ0v) is 18.8. The highest BCUT2D eigenvalue weighted by atomic mass is 32.1. The Bertz CT molecular complexity index is 884. The highest BCUT2D eigenvalue weighted by molar-refractivity contribution is 7.13. The molecule has 0 saturated carbocycles. The molecule has 2 amide bonds. The van der Waals surface area contributed by atoms with Crippen molar-refractivity contribution in [1.29, 1.82) is 0 Å². The largest absolute Gasteiger partial charge is 0.361 e. The van der Waals surface area contributed by atoms with Crippen LogP contribution in [0.5, 0.6) is 0 Å². The zero-order chi connectivity index (χ0) is 21.8. The van der Waals surface area contributed by atoms with Crippen LogP contribution >= 0.6 is 11.3 Å². The van der Waals surface area contributed by atoms with Crippen LogP contribution in [0, 0.1) is 5.41 Å². The lowest BCUT2D eigenvalue weighted by Gasteiger charge is -2.43. The van der Waals surface area contributed by atoms with Gasteiger partial charge in [0.2, 0.25) is 5.91 Å². The van der Waals surface area contributed by atoms with E-state index in [1.165, 1.54) is 4.88 Å². The summed E-state index contributed by atoms with van der Waals surface area (Å²) in [4.78, 5) is 29.0. The van der Waals surface area contributed by atoms with Crippen LogP contribution in [0.3, 0.4) is 0 Å². The van der Waals surface area contributed by atoms with Crippen molar-refractivity contribution in [3.63, 3.8) is 0 Å². The molecule has 3 rings (SSSR count). The van der Waals surface area contributed by atoms with E-state index in [9.17, 15) is 9.59 Å². The number of carbonyl (C=O) groups is 2. The fourth-order valence-electron chi connectivity index (χ4n) is 3.64. The summed E-state index contributed by atoms with van der Waals surface area (Å²) in [5, 5.41) is 4.93. The Labute approximate surface area is 182 Å². The van der Waals surface area contributed by atoms with Gasteiger partial charge in [-0.25, -0.2) is 0 Å². The first-order valence-corrected chi connectivity index (χ1v) is 11.1. The normalized spacial score (nSPS) is 19.4. The number of ether oxygens (including phenoxy) is 1. The van der Waals surface area contributed by atoms with E-state index < -0.39 is 11.0 Å². The monoisotopic (exact) mass is 426 g/mol. The number of hydrogen-bond acceptors (Lipinski definition) is 4. The first-order chi connectivity index (χ1) is 14.2. The van der Waals surface area contributed by atoms with Crippen molar-refractivity contribution in [1.82, 2.24) is 10.2 Å².